The molecule has 0 bridgehead atoms. The normalized spacial score (nSPS) is 27.8. The summed E-state index contributed by atoms with van der Waals surface area (Å²) in [7, 11) is 0. The quantitative estimate of drug-likeness (QED) is 0.918. The van der Waals surface area contributed by atoms with E-state index in [4.69, 9.17) is 10.5 Å². The van der Waals surface area contributed by atoms with Crippen molar-refractivity contribution in [2.24, 2.45) is 5.73 Å². The maximum Gasteiger partial charge on any atom is 0.0881 e. The standard InChI is InChI=1S/C16H27N3O/c1-12(2)19-6-7-20-14(10-19)9-18-8-13-4-3-5-16(17)15(13)11-18/h8,11-12,14,16H,3-7,9-10,17H2,1-2H3. The van der Waals surface area contributed by atoms with Crippen molar-refractivity contribution < 1.29 is 4.74 Å². The zero-order valence-corrected chi connectivity index (χ0v) is 12.7. The summed E-state index contributed by atoms with van der Waals surface area (Å²) < 4.78 is 8.22. The molecule has 3 rings (SSSR count). The van der Waals surface area contributed by atoms with Crippen LogP contribution in [-0.4, -0.2) is 41.3 Å². The van der Waals surface area contributed by atoms with E-state index in [0.717, 1.165) is 32.7 Å². The molecule has 112 valence electrons. The highest BCUT2D eigenvalue weighted by atomic mass is 16.5. The highest BCUT2D eigenvalue weighted by Gasteiger charge is 2.24. The van der Waals surface area contributed by atoms with Crippen LogP contribution in [0.3, 0.4) is 0 Å². The van der Waals surface area contributed by atoms with Crippen LogP contribution in [0.2, 0.25) is 0 Å². The number of aryl methyl sites for hydroxylation is 1. The molecule has 1 aromatic rings. The van der Waals surface area contributed by atoms with Gasteiger partial charge in [-0.1, -0.05) is 0 Å². The van der Waals surface area contributed by atoms with E-state index in [1.165, 1.54) is 24.0 Å². The van der Waals surface area contributed by atoms with E-state index in [0.29, 0.717) is 12.1 Å². The van der Waals surface area contributed by atoms with Gasteiger partial charge in [-0.05, 0) is 44.2 Å². The summed E-state index contributed by atoms with van der Waals surface area (Å²) >= 11 is 0. The van der Waals surface area contributed by atoms with Crippen LogP contribution < -0.4 is 5.73 Å². The molecule has 2 aliphatic rings. The Morgan fingerprint density at radius 3 is 3.00 bits per heavy atom. The van der Waals surface area contributed by atoms with Crippen LogP contribution in [0.1, 0.15) is 43.9 Å². The third kappa shape index (κ3) is 2.92. The van der Waals surface area contributed by atoms with Crippen molar-refractivity contribution in [3.63, 3.8) is 0 Å². The van der Waals surface area contributed by atoms with Crippen molar-refractivity contribution in [2.75, 3.05) is 19.7 Å². The monoisotopic (exact) mass is 277 g/mol. The predicted octanol–water partition coefficient (Wildman–Crippen LogP) is 1.93. The van der Waals surface area contributed by atoms with Gasteiger partial charge in [-0.3, -0.25) is 4.90 Å². The molecule has 1 aromatic heterocycles. The fraction of sp³-hybridized carbons (Fsp3) is 0.750. The Labute approximate surface area is 121 Å². The Morgan fingerprint density at radius 1 is 1.40 bits per heavy atom. The lowest BCUT2D eigenvalue weighted by molar-refractivity contribution is -0.0455. The van der Waals surface area contributed by atoms with Crippen molar-refractivity contribution in [1.29, 1.82) is 0 Å². The van der Waals surface area contributed by atoms with Crippen LogP contribution in [0.5, 0.6) is 0 Å². The second-order valence-corrected chi connectivity index (χ2v) is 6.52. The minimum absolute atomic E-state index is 0.236. The minimum Gasteiger partial charge on any atom is -0.374 e. The smallest absolute Gasteiger partial charge is 0.0881 e. The predicted molar refractivity (Wildman–Crippen MR) is 80.7 cm³/mol. The third-order valence-electron chi connectivity index (χ3n) is 4.67. The molecule has 2 atom stereocenters. The van der Waals surface area contributed by atoms with Gasteiger partial charge in [0.25, 0.3) is 0 Å². The lowest BCUT2D eigenvalue weighted by Crippen LogP contribution is -2.47. The molecular formula is C16H27N3O. The van der Waals surface area contributed by atoms with Crippen molar-refractivity contribution >= 4 is 0 Å². The van der Waals surface area contributed by atoms with E-state index < -0.39 is 0 Å². The number of nitrogens with two attached hydrogens (primary N) is 1. The van der Waals surface area contributed by atoms with Gasteiger partial charge in [0.2, 0.25) is 0 Å². The SMILES string of the molecule is CC(C)N1CCOC(Cn2cc3c(c2)C(N)CCC3)C1. The van der Waals surface area contributed by atoms with Crippen LogP contribution >= 0.6 is 0 Å². The average Bonchev–Trinajstić information content (AvgIpc) is 2.83. The van der Waals surface area contributed by atoms with Crippen LogP contribution in [0.4, 0.5) is 0 Å². The van der Waals surface area contributed by atoms with Gasteiger partial charge in [-0.2, -0.15) is 0 Å². The first-order chi connectivity index (χ1) is 9.63. The number of hydrogen-bond donors (Lipinski definition) is 1. The molecule has 1 aliphatic carbocycles. The first-order valence-corrected chi connectivity index (χ1v) is 7.93. The van der Waals surface area contributed by atoms with E-state index in [1.807, 2.05) is 0 Å². The number of hydrogen-bond acceptors (Lipinski definition) is 3. The van der Waals surface area contributed by atoms with Gasteiger partial charge in [0.05, 0.1) is 12.7 Å². The Hall–Kier alpha value is -0.840. The Morgan fingerprint density at radius 2 is 2.25 bits per heavy atom. The fourth-order valence-corrected chi connectivity index (χ4v) is 3.45. The van der Waals surface area contributed by atoms with Gasteiger partial charge in [-0.25, -0.2) is 0 Å². The molecule has 2 unspecified atom stereocenters. The number of rotatable bonds is 3. The van der Waals surface area contributed by atoms with Crippen molar-refractivity contribution in [2.45, 2.75) is 57.8 Å². The number of nitrogens with zero attached hydrogens (tertiary/aromatic N) is 2. The Kier molecular flexibility index (Phi) is 4.15. The van der Waals surface area contributed by atoms with Gasteiger partial charge in [-0.15, -0.1) is 0 Å². The Bertz CT molecular complexity index is 455. The lowest BCUT2D eigenvalue weighted by atomic mass is 9.92. The molecule has 0 aromatic carbocycles. The van der Waals surface area contributed by atoms with Gasteiger partial charge in [0, 0.05) is 44.1 Å². The van der Waals surface area contributed by atoms with Crippen molar-refractivity contribution in [3.05, 3.63) is 23.5 Å². The number of fused-ring (bicyclic) bond motifs is 1. The molecule has 4 heteroatoms. The van der Waals surface area contributed by atoms with E-state index in [9.17, 15) is 0 Å². The second-order valence-electron chi connectivity index (χ2n) is 6.52. The highest BCUT2D eigenvalue weighted by Crippen LogP contribution is 2.28. The molecule has 20 heavy (non-hydrogen) atoms. The third-order valence-corrected chi connectivity index (χ3v) is 4.67. The summed E-state index contributed by atoms with van der Waals surface area (Å²) in [6, 6.07) is 0.840. The van der Waals surface area contributed by atoms with Crippen LogP contribution in [-0.2, 0) is 17.7 Å². The summed E-state index contributed by atoms with van der Waals surface area (Å²) in [4.78, 5) is 2.50. The summed E-state index contributed by atoms with van der Waals surface area (Å²) in [5.41, 5.74) is 9.00. The van der Waals surface area contributed by atoms with Gasteiger partial charge < -0.3 is 15.0 Å². The number of aromatic nitrogens is 1. The summed E-state index contributed by atoms with van der Waals surface area (Å²) in [5, 5.41) is 0. The van der Waals surface area contributed by atoms with Crippen molar-refractivity contribution in [1.82, 2.24) is 9.47 Å². The molecule has 1 aliphatic heterocycles. The molecule has 2 heterocycles. The van der Waals surface area contributed by atoms with E-state index >= 15 is 0 Å². The Balaban J connectivity index is 1.66. The topological polar surface area (TPSA) is 43.4 Å². The number of ether oxygens (including phenoxy) is 1. The molecule has 1 fully saturated rings. The molecule has 0 amide bonds. The largest absolute Gasteiger partial charge is 0.374 e. The van der Waals surface area contributed by atoms with Gasteiger partial charge in [0.1, 0.15) is 0 Å². The first kappa shape index (κ1) is 14.1. The molecule has 4 nitrogen and oxygen atoms in total. The number of morpholine rings is 1. The average molecular weight is 277 g/mol. The summed E-state index contributed by atoms with van der Waals surface area (Å²) in [6.07, 6.45) is 8.36. The van der Waals surface area contributed by atoms with Gasteiger partial charge in [0.15, 0.2) is 0 Å². The van der Waals surface area contributed by atoms with Crippen LogP contribution in [0, 0.1) is 0 Å². The molecule has 0 spiro atoms. The molecular weight excluding hydrogens is 250 g/mol. The lowest BCUT2D eigenvalue weighted by Gasteiger charge is -2.35. The maximum absolute atomic E-state index is 6.20. The van der Waals surface area contributed by atoms with E-state index in [2.05, 4.69) is 35.7 Å². The first-order valence-electron chi connectivity index (χ1n) is 7.93. The zero-order valence-electron chi connectivity index (χ0n) is 12.7. The maximum atomic E-state index is 6.20. The summed E-state index contributed by atoms with van der Waals surface area (Å²) in [6.45, 7) is 8.41. The molecule has 0 saturated carbocycles. The van der Waals surface area contributed by atoms with Crippen molar-refractivity contribution in [3.8, 4) is 0 Å². The minimum atomic E-state index is 0.236. The highest BCUT2D eigenvalue weighted by molar-refractivity contribution is 5.29. The zero-order chi connectivity index (χ0) is 14.1. The fourth-order valence-electron chi connectivity index (χ4n) is 3.45. The molecule has 0 radical (unpaired) electrons. The van der Waals surface area contributed by atoms with E-state index in [1.54, 1.807) is 0 Å². The van der Waals surface area contributed by atoms with Crippen LogP contribution in [0.15, 0.2) is 12.4 Å². The molecule has 1 saturated heterocycles. The summed E-state index contributed by atoms with van der Waals surface area (Å²) in [5.74, 6) is 0. The molecule has 2 N–H and O–H groups in total. The van der Waals surface area contributed by atoms with Crippen LogP contribution in [0.25, 0.3) is 0 Å². The van der Waals surface area contributed by atoms with E-state index in [-0.39, 0.29) is 6.04 Å². The van der Waals surface area contributed by atoms with Gasteiger partial charge >= 0.3 is 0 Å². The second kappa shape index (κ2) is 5.88.